The predicted molar refractivity (Wildman–Crippen MR) is 122 cm³/mol. The molecule has 3 aromatic heterocycles. The molecule has 1 N–H and O–H groups in total. The predicted octanol–water partition coefficient (Wildman–Crippen LogP) is 4.72. The Balaban J connectivity index is 1.45. The number of ether oxygens (including phenoxy) is 2. The van der Waals surface area contributed by atoms with Crippen molar-refractivity contribution in [3.63, 3.8) is 0 Å². The molecule has 2 unspecified atom stereocenters. The molecule has 0 amide bonds. The zero-order valence-corrected chi connectivity index (χ0v) is 19.6. The van der Waals surface area contributed by atoms with Gasteiger partial charge in [0.2, 0.25) is 0 Å². The summed E-state index contributed by atoms with van der Waals surface area (Å²) >= 11 is 0. The van der Waals surface area contributed by atoms with Gasteiger partial charge in [0.05, 0.1) is 36.5 Å². The molecule has 1 aliphatic heterocycles. The van der Waals surface area contributed by atoms with Crippen molar-refractivity contribution < 1.29 is 27.0 Å². The first-order chi connectivity index (χ1) is 17.1. The summed E-state index contributed by atoms with van der Waals surface area (Å²) in [5.74, 6) is 0.204. The Morgan fingerprint density at radius 2 is 1.89 bits per heavy atom. The van der Waals surface area contributed by atoms with Crippen LogP contribution in [0.15, 0.2) is 48.9 Å². The van der Waals surface area contributed by atoms with E-state index in [1.807, 2.05) is 0 Å². The number of rotatable bonds is 6. The Morgan fingerprint density at radius 1 is 1.17 bits per heavy atom. The average molecular weight is 502 g/mol. The number of hydrogen-bond donors (Lipinski definition) is 1. The number of alkyl halides is 3. The molecule has 8 nitrogen and oxygen atoms in total. The normalized spacial score (nSPS) is 21.9. The first kappa shape index (κ1) is 23.9. The molecular formula is C24H22F4N6O2. The fourth-order valence-electron chi connectivity index (χ4n) is 4.62. The Kier molecular flexibility index (Phi) is 5.58. The SMILES string of the molecule is COc1ccc(F)cc1C1(C)CC(CNc2nc(C)nc3c2cnn3-c2ccncc2)(C(F)(F)F)O1. The lowest BCUT2D eigenvalue weighted by Gasteiger charge is -2.55. The number of methoxy groups -OCH3 is 1. The number of hydrogen-bond acceptors (Lipinski definition) is 7. The molecule has 4 heterocycles. The first-order valence-electron chi connectivity index (χ1n) is 11.0. The fraction of sp³-hybridized carbons (Fsp3) is 0.333. The van der Waals surface area contributed by atoms with Gasteiger partial charge in [-0.15, -0.1) is 0 Å². The lowest BCUT2D eigenvalue weighted by molar-refractivity contribution is -0.380. The third-order valence-electron chi connectivity index (χ3n) is 6.28. The molecular weight excluding hydrogens is 480 g/mol. The molecule has 0 aliphatic carbocycles. The molecule has 1 saturated heterocycles. The molecule has 1 aliphatic rings. The Bertz CT molecular complexity index is 1420. The number of halogens is 4. The van der Waals surface area contributed by atoms with Crippen LogP contribution in [0.5, 0.6) is 5.75 Å². The van der Waals surface area contributed by atoms with Crippen molar-refractivity contribution in [1.29, 1.82) is 0 Å². The number of aryl methyl sites for hydroxylation is 1. The van der Waals surface area contributed by atoms with Crippen LogP contribution < -0.4 is 10.1 Å². The van der Waals surface area contributed by atoms with Gasteiger partial charge in [0, 0.05) is 24.4 Å². The molecule has 12 heteroatoms. The van der Waals surface area contributed by atoms with Crippen molar-refractivity contribution in [3.8, 4) is 11.4 Å². The van der Waals surface area contributed by atoms with Crippen LogP contribution in [0.3, 0.4) is 0 Å². The summed E-state index contributed by atoms with van der Waals surface area (Å²) in [5.41, 5.74) is -2.58. The Morgan fingerprint density at radius 3 is 2.56 bits per heavy atom. The number of anilines is 1. The molecule has 0 spiro atoms. The van der Waals surface area contributed by atoms with E-state index in [4.69, 9.17) is 9.47 Å². The molecule has 5 rings (SSSR count). The summed E-state index contributed by atoms with van der Waals surface area (Å²) in [6.07, 6.45) is -0.465. The summed E-state index contributed by atoms with van der Waals surface area (Å²) in [6.45, 7) is 2.51. The maximum absolute atomic E-state index is 14.3. The molecule has 1 aromatic carbocycles. The quantitative estimate of drug-likeness (QED) is 0.382. The van der Waals surface area contributed by atoms with Gasteiger partial charge in [-0.25, -0.2) is 19.0 Å². The van der Waals surface area contributed by atoms with E-state index in [1.54, 1.807) is 36.1 Å². The summed E-state index contributed by atoms with van der Waals surface area (Å²) < 4.78 is 69.1. The fourth-order valence-corrected chi connectivity index (χ4v) is 4.62. The van der Waals surface area contributed by atoms with Gasteiger partial charge >= 0.3 is 6.18 Å². The van der Waals surface area contributed by atoms with Crippen molar-refractivity contribution in [1.82, 2.24) is 24.7 Å². The highest BCUT2D eigenvalue weighted by Gasteiger charge is 2.68. The second kappa shape index (κ2) is 8.40. The van der Waals surface area contributed by atoms with Crippen LogP contribution in [-0.2, 0) is 10.3 Å². The van der Waals surface area contributed by atoms with Gasteiger partial charge in [-0.2, -0.15) is 18.3 Å². The number of nitrogens with zero attached hydrogens (tertiary/aromatic N) is 5. The number of pyridine rings is 1. The third kappa shape index (κ3) is 3.91. The van der Waals surface area contributed by atoms with Crippen LogP contribution in [0.4, 0.5) is 23.4 Å². The zero-order valence-electron chi connectivity index (χ0n) is 19.6. The highest BCUT2D eigenvalue weighted by Crippen LogP contribution is 2.57. The summed E-state index contributed by atoms with van der Waals surface area (Å²) in [6, 6.07) is 7.15. The van der Waals surface area contributed by atoms with E-state index < -0.39 is 36.2 Å². The summed E-state index contributed by atoms with van der Waals surface area (Å²) in [5, 5.41) is 7.58. The lowest BCUT2D eigenvalue weighted by atomic mass is 9.75. The molecule has 1 fully saturated rings. The highest BCUT2D eigenvalue weighted by molar-refractivity contribution is 5.87. The van der Waals surface area contributed by atoms with Crippen molar-refractivity contribution in [2.24, 2.45) is 0 Å². The van der Waals surface area contributed by atoms with Gasteiger partial charge in [-0.1, -0.05) is 0 Å². The number of benzene rings is 1. The number of nitrogens with one attached hydrogen (secondary N) is 1. The maximum atomic E-state index is 14.3. The van der Waals surface area contributed by atoms with Gasteiger partial charge in [0.25, 0.3) is 0 Å². The number of fused-ring (bicyclic) bond motifs is 1. The van der Waals surface area contributed by atoms with Gasteiger partial charge < -0.3 is 14.8 Å². The molecule has 188 valence electrons. The van der Waals surface area contributed by atoms with E-state index in [1.165, 1.54) is 32.4 Å². The molecule has 0 saturated carbocycles. The van der Waals surface area contributed by atoms with Crippen molar-refractivity contribution in [2.45, 2.75) is 37.6 Å². The molecule has 0 bridgehead atoms. The van der Waals surface area contributed by atoms with E-state index in [2.05, 4.69) is 25.4 Å². The van der Waals surface area contributed by atoms with E-state index in [9.17, 15) is 17.6 Å². The molecule has 2 atom stereocenters. The van der Waals surface area contributed by atoms with Crippen LogP contribution in [0.1, 0.15) is 24.7 Å². The van der Waals surface area contributed by atoms with Crippen LogP contribution in [0, 0.1) is 12.7 Å². The second-order valence-electron chi connectivity index (χ2n) is 8.82. The monoisotopic (exact) mass is 502 g/mol. The van der Waals surface area contributed by atoms with E-state index in [0.29, 0.717) is 22.5 Å². The minimum atomic E-state index is -4.71. The first-order valence-corrected chi connectivity index (χ1v) is 11.0. The zero-order chi connectivity index (χ0) is 25.7. The smallest absolute Gasteiger partial charge is 0.419 e. The topological polar surface area (TPSA) is 87.0 Å². The van der Waals surface area contributed by atoms with Crippen molar-refractivity contribution in [2.75, 3.05) is 19.0 Å². The van der Waals surface area contributed by atoms with Crippen LogP contribution >= 0.6 is 0 Å². The Hall–Kier alpha value is -3.80. The van der Waals surface area contributed by atoms with E-state index >= 15 is 0 Å². The molecule has 36 heavy (non-hydrogen) atoms. The van der Waals surface area contributed by atoms with Gasteiger partial charge in [-0.05, 0) is 44.2 Å². The number of aromatic nitrogens is 5. The lowest BCUT2D eigenvalue weighted by Crippen LogP contribution is -2.67. The van der Waals surface area contributed by atoms with Gasteiger partial charge in [0.15, 0.2) is 11.2 Å². The second-order valence-corrected chi connectivity index (χ2v) is 8.82. The standard InChI is InChI=1S/C24H22F4N6O2/c1-14-32-20(17-11-31-34(21(17)33-14)16-6-8-29-9-7-16)30-13-23(24(26,27)28)12-22(2,36-23)18-10-15(25)4-5-19(18)35-3/h4-11H,12-13H2,1-3H3,(H,30,32,33). The van der Waals surface area contributed by atoms with Crippen molar-refractivity contribution >= 4 is 16.9 Å². The van der Waals surface area contributed by atoms with Crippen LogP contribution in [0.2, 0.25) is 0 Å². The van der Waals surface area contributed by atoms with Gasteiger partial charge in [-0.3, -0.25) is 4.98 Å². The van der Waals surface area contributed by atoms with E-state index in [-0.39, 0.29) is 17.1 Å². The molecule has 0 radical (unpaired) electrons. The van der Waals surface area contributed by atoms with Crippen LogP contribution in [0.25, 0.3) is 16.7 Å². The third-order valence-corrected chi connectivity index (χ3v) is 6.28. The van der Waals surface area contributed by atoms with Crippen molar-refractivity contribution in [3.05, 3.63) is 66.1 Å². The summed E-state index contributed by atoms with van der Waals surface area (Å²) in [7, 11) is 1.37. The highest BCUT2D eigenvalue weighted by atomic mass is 19.4. The largest absolute Gasteiger partial charge is 0.496 e. The average Bonchev–Trinajstić information content (AvgIpc) is 3.24. The molecule has 4 aromatic rings. The summed E-state index contributed by atoms with van der Waals surface area (Å²) in [4.78, 5) is 12.7. The Labute approximate surface area is 203 Å². The maximum Gasteiger partial charge on any atom is 0.419 e. The van der Waals surface area contributed by atoms with E-state index in [0.717, 1.165) is 6.07 Å². The van der Waals surface area contributed by atoms with Crippen LogP contribution in [-0.4, -0.2) is 50.2 Å². The minimum absolute atomic E-state index is 0.196. The minimum Gasteiger partial charge on any atom is -0.496 e. The van der Waals surface area contributed by atoms with Gasteiger partial charge in [0.1, 0.15) is 23.2 Å².